The van der Waals surface area contributed by atoms with Gasteiger partial charge in [0, 0.05) is 39.2 Å². The van der Waals surface area contributed by atoms with E-state index in [2.05, 4.69) is 20.6 Å². The Kier molecular flexibility index (Phi) is 35.1. The SMILES string of the molecule is CO.[Cu+2].[Cu+2].[O-]CCNCCN=Cc1ccccc1[O-].[O-][Cl+3]([O-])([O-])[O-].[O-]c1ccccc1C=NCCNCCO. The molecule has 0 bridgehead atoms. The monoisotopic (exact) mass is 670 g/mol. The van der Waals surface area contributed by atoms with Gasteiger partial charge in [0.2, 0.25) is 0 Å². The minimum Gasteiger partial charge on any atom is -0.872 e. The Bertz CT molecular complexity index is 795. The number of nitrogens with one attached hydrogen (secondary N) is 2. The first kappa shape index (κ1) is 44.4. The van der Waals surface area contributed by atoms with E-state index in [4.69, 9.17) is 28.8 Å². The van der Waals surface area contributed by atoms with Gasteiger partial charge in [-0.05, 0) is 17.7 Å². The molecule has 0 heterocycles. The molecule has 2 rings (SSSR count). The summed E-state index contributed by atoms with van der Waals surface area (Å²) < 4.78 is 34.0. The quantitative estimate of drug-likeness (QED) is 0.0938. The van der Waals surface area contributed by atoms with Gasteiger partial charge in [0.25, 0.3) is 0 Å². The molecular weight excluding hydrogens is 639 g/mol. The van der Waals surface area contributed by atoms with Crippen molar-refractivity contribution < 1.29 is 88.5 Å². The molecule has 13 nitrogen and oxygen atoms in total. The maximum atomic E-state index is 11.2. The molecule has 2 radical (unpaired) electrons. The normalized spacial score (nSPS) is 10.2. The van der Waals surface area contributed by atoms with Crippen molar-refractivity contribution in [2.24, 2.45) is 9.98 Å². The summed E-state index contributed by atoms with van der Waals surface area (Å²) in [6.45, 7) is 3.61. The first-order valence-corrected chi connectivity index (χ1v) is 12.1. The predicted molar refractivity (Wildman–Crippen MR) is 123 cm³/mol. The molecule has 0 atom stereocenters. The van der Waals surface area contributed by atoms with Gasteiger partial charge < -0.3 is 36.2 Å². The predicted octanol–water partition coefficient (Wildman–Crippen LogP) is -6.26. The summed E-state index contributed by atoms with van der Waals surface area (Å²) in [5.41, 5.74) is 1.21. The maximum absolute atomic E-state index is 11.2. The van der Waals surface area contributed by atoms with E-state index in [0.717, 1.165) is 7.11 Å². The maximum Gasteiger partial charge on any atom is 2.00 e. The van der Waals surface area contributed by atoms with Gasteiger partial charge >= 0.3 is 34.1 Å². The first-order chi connectivity index (χ1) is 17.7. The summed E-state index contributed by atoms with van der Waals surface area (Å²) >= 11 is 0. The summed E-state index contributed by atoms with van der Waals surface area (Å²) in [6.07, 6.45) is 3.16. The molecule has 0 saturated heterocycles. The largest absolute Gasteiger partial charge is 2.00 e. The van der Waals surface area contributed by atoms with Crippen LogP contribution in [0.5, 0.6) is 11.5 Å². The third kappa shape index (κ3) is 32.5. The zero-order chi connectivity index (χ0) is 28.4. The van der Waals surface area contributed by atoms with Crippen LogP contribution >= 0.6 is 0 Å². The molecule has 228 valence electrons. The Balaban J connectivity index is -0.000000244. The Morgan fingerprint density at radius 3 is 1.41 bits per heavy atom. The van der Waals surface area contributed by atoms with E-state index in [1.807, 2.05) is 6.07 Å². The van der Waals surface area contributed by atoms with Gasteiger partial charge in [-0.2, -0.15) is 0 Å². The summed E-state index contributed by atoms with van der Waals surface area (Å²) in [6, 6.07) is 13.5. The van der Waals surface area contributed by atoms with Gasteiger partial charge in [-0.25, -0.2) is 18.6 Å². The van der Waals surface area contributed by atoms with Crippen LogP contribution in [-0.2, 0) is 34.1 Å². The van der Waals surface area contributed by atoms with Gasteiger partial charge in [0.05, 0.1) is 19.7 Å². The molecule has 2 aromatic rings. The molecule has 0 aliphatic heterocycles. The molecule has 0 spiro atoms. The number of nitrogens with zero attached hydrogens (tertiary/aromatic N) is 2. The minimum atomic E-state index is -4.94. The van der Waals surface area contributed by atoms with Crippen molar-refractivity contribution in [1.82, 2.24) is 10.6 Å². The molecule has 0 aromatic heterocycles. The number of halogens is 1. The average Bonchev–Trinajstić information content (AvgIpc) is 2.86. The third-order valence-electron chi connectivity index (χ3n) is 3.70. The molecule has 0 saturated carbocycles. The molecule has 39 heavy (non-hydrogen) atoms. The van der Waals surface area contributed by atoms with Crippen LogP contribution in [0.15, 0.2) is 58.5 Å². The Morgan fingerprint density at radius 1 is 0.718 bits per heavy atom. The van der Waals surface area contributed by atoms with Crippen molar-refractivity contribution in [2.75, 3.05) is 59.6 Å². The van der Waals surface area contributed by atoms with E-state index in [0.29, 0.717) is 50.4 Å². The molecule has 0 unspecified atom stereocenters. The summed E-state index contributed by atoms with van der Waals surface area (Å²) in [4.78, 5) is 8.19. The molecule has 0 aliphatic carbocycles. The summed E-state index contributed by atoms with van der Waals surface area (Å²) in [7, 11) is -3.94. The molecule has 0 fully saturated rings. The number of hydrogen-bond donors (Lipinski definition) is 4. The van der Waals surface area contributed by atoms with Gasteiger partial charge in [-0.1, -0.05) is 48.5 Å². The van der Waals surface area contributed by atoms with E-state index in [1.165, 1.54) is 12.1 Å². The fourth-order valence-corrected chi connectivity index (χ4v) is 2.19. The van der Waals surface area contributed by atoms with Gasteiger partial charge in [-0.15, -0.1) is 28.3 Å². The number of hydrogen-bond acceptors (Lipinski definition) is 13. The van der Waals surface area contributed by atoms with E-state index in [9.17, 15) is 15.3 Å². The van der Waals surface area contributed by atoms with Crippen LogP contribution in [0.3, 0.4) is 0 Å². The Labute approximate surface area is 251 Å². The molecular formula is C23H33ClCu2N4O9. The fraction of sp³-hybridized carbons (Fsp3) is 0.391. The van der Waals surface area contributed by atoms with Gasteiger partial charge in [0.1, 0.15) is 0 Å². The topological polar surface area (TPSA) is 251 Å². The van der Waals surface area contributed by atoms with Crippen molar-refractivity contribution in [1.29, 1.82) is 0 Å². The standard InChI is InChI=1S/C11H16N2O2.C11H15N2O2.CH4O.ClHO4.2Cu/c2*14-8-7-12-5-6-13-9-10-3-1-2-4-11(10)15;1-2;2-1(3,4)5;;/h1-4,9,12,14-15H,5-8H2;1-4,9,12,15H,5-8H2;2H,1H3;(H,2,3,4,5);;/q;-1;;;2*+2/p-3. The Hall–Kier alpha value is -1.65. The number of aliphatic imine (C=N–C) groups is 2. The van der Waals surface area contributed by atoms with Crippen LogP contribution in [0.25, 0.3) is 0 Å². The average molecular weight is 672 g/mol. The van der Waals surface area contributed by atoms with Crippen LogP contribution < -0.4 is 44.6 Å². The van der Waals surface area contributed by atoms with Gasteiger partial charge in [-0.3, -0.25) is 9.98 Å². The minimum absolute atomic E-state index is 0. The van der Waals surface area contributed by atoms with Gasteiger partial charge in [0.15, 0.2) is 0 Å². The van der Waals surface area contributed by atoms with E-state index in [1.54, 1.807) is 42.8 Å². The van der Waals surface area contributed by atoms with Crippen LogP contribution in [0.2, 0.25) is 0 Å². The van der Waals surface area contributed by atoms with Crippen LogP contribution in [0.1, 0.15) is 11.1 Å². The van der Waals surface area contributed by atoms with Crippen LogP contribution in [0.4, 0.5) is 0 Å². The number of rotatable bonds is 12. The molecule has 0 amide bonds. The zero-order valence-electron chi connectivity index (χ0n) is 21.1. The molecule has 16 heteroatoms. The zero-order valence-corrected chi connectivity index (χ0v) is 23.7. The van der Waals surface area contributed by atoms with Crippen molar-refractivity contribution >= 4 is 12.4 Å². The second-order valence-electron chi connectivity index (χ2n) is 6.45. The summed E-state index contributed by atoms with van der Waals surface area (Å²) in [5.74, 6) is -0.0293. The van der Waals surface area contributed by atoms with E-state index in [-0.39, 0.29) is 58.9 Å². The van der Waals surface area contributed by atoms with E-state index >= 15 is 0 Å². The van der Waals surface area contributed by atoms with Crippen molar-refractivity contribution in [2.45, 2.75) is 0 Å². The molecule has 0 aliphatic rings. The smallest absolute Gasteiger partial charge is 0.872 e. The number of benzene rings is 2. The van der Waals surface area contributed by atoms with Crippen molar-refractivity contribution in [3.8, 4) is 11.5 Å². The number of aliphatic hydroxyl groups is 2. The fourth-order valence-electron chi connectivity index (χ4n) is 2.19. The first-order valence-electron chi connectivity index (χ1n) is 10.9. The second-order valence-corrected chi connectivity index (χ2v) is 7.21. The number of aliphatic hydroxyl groups excluding tert-OH is 2. The number of para-hydroxylation sites is 2. The van der Waals surface area contributed by atoms with Crippen molar-refractivity contribution in [3.63, 3.8) is 0 Å². The third-order valence-corrected chi connectivity index (χ3v) is 3.70. The second kappa shape index (κ2) is 30.9. The van der Waals surface area contributed by atoms with Crippen molar-refractivity contribution in [3.05, 3.63) is 59.7 Å². The molecule has 2 aromatic carbocycles. The van der Waals surface area contributed by atoms with E-state index < -0.39 is 10.2 Å². The molecule has 4 N–H and O–H groups in total. The van der Waals surface area contributed by atoms with Crippen LogP contribution in [-0.4, -0.2) is 82.2 Å². The Morgan fingerprint density at radius 2 is 1.08 bits per heavy atom. The van der Waals surface area contributed by atoms with Crippen LogP contribution in [0, 0.1) is 10.2 Å². The summed E-state index contributed by atoms with van der Waals surface area (Å²) in [5, 5.41) is 54.0.